The van der Waals surface area contributed by atoms with E-state index in [1.165, 1.54) is 5.56 Å². The molecule has 5 heteroatoms. The average Bonchev–Trinajstić information content (AvgIpc) is 2.98. The van der Waals surface area contributed by atoms with Gasteiger partial charge in [-0.15, -0.1) is 0 Å². The molecule has 0 aliphatic carbocycles. The molecule has 0 N–H and O–H groups in total. The molecule has 5 nitrogen and oxygen atoms in total. The molecule has 128 valence electrons. The minimum absolute atomic E-state index is 0.103. The number of amides is 1. The van der Waals surface area contributed by atoms with Crippen molar-refractivity contribution in [2.75, 3.05) is 19.7 Å². The number of carbonyl (C=O) groups is 1. The van der Waals surface area contributed by atoms with Crippen LogP contribution in [0.2, 0.25) is 0 Å². The van der Waals surface area contributed by atoms with Gasteiger partial charge in [-0.1, -0.05) is 17.3 Å². The Hall–Kier alpha value is -2.30. The van der Waals surface area contributed by atoms with Crippen molar-refractivity contribution < 1.29 is 14.1 Å². The SMILES string of the molecule is Cc1cccc(OC[C@H]2CCCN(C(=O)Cc3cc(C)no3)C2)c1. The van der Waals surface area contributed by atoms with Crippen LogP contribution in [-0.2, 0) is 11.2 Å². The summed E-state index contributed by atoms with van der Waals surface area (Å²) in [5.74, 6) is 2.01. The summed E-state index contributed by atoms with van der Waals surface area (Å²) < 4.78 is 11.1. The van der Waals surface area contributed by atoms with Gasteiger partial charge in [-0.3, -0.25) is 4.79 Å². The molecular weight excluding hydrogens is 304 g/mol. The highest BCUT2D eigenvalue weighted by Crippen LogP contribution is 2.20. The van der Waals surface area contributed by atoms with Crippen LogP contribution in [0.15, 0.2) is 34.9 Å². The van der Waals surface area contributed by atoms with E-state index in [4.69, 9.17) is 9.26 Å². The molecule has 1 aromatic heterocycles. The van der Waals surface area contributed by atoms with Gasteiger partial charge in [0.1, 0.15) is 11.5 Å². The first kappa shape index (κ1) is 16.6. The summed E-state index contributed by atoms with van der Waals surface area (Å²) in [5, 5.41) is 3.83. The smallest absolute Gasteiger partial charge is 0.230 e. The molecule has 0 spiro atoms. The molecule has 1 fully saturated rings. The van der Waals surface area contributed by atoms with Crippen molar-refractivity contribution in [2.24, 2.45) is 5.92 Å². The fourth-order valence-electron chi connectivity index (χ4n) is 3.11. The Labute approximate surface area is 142 Å². The molecule has 0 unspecified atom stereocenters. The van der Waals surface area contributed by atoms with Crippen LogP contribution in [0.5, 0.6) is 5.75 Å². The highest BCUT2D eigenvalue weighted by atomic mass is 16.5. The summed E-state index contributed by atoms with van der Waals surface area (Å²) in [6.45, 7) is 6.12. The largest absolute Gasteiger partial charge is 0.493 e. The molecule has 0 radical (unpaired) electrons. The van der Waals surface area contributed by atoms with E-state index < -0.39 is 0 Å². The van der Waals surface area contributed by atoms with E-state index in [0.29, 0.717) is 18.3 Å². The number of piperidine rings is 1. The van der Waals surface area contributed by atoms with Crippen LogP contribution < -0.4 is 4.74 Å². The first-order valence-electron chi connectivity index (χ1n) is 8.49. The number of carbonyl (C=O) groups excluding carboxylic acids is 1. The minimum Gasteiger partial charge on any atom is -0.493 e. The third-order valence-electron chi connectivity index (χ3n) is 4.35. The van der Waals surface area contributed by atoms with Crippen molar-refractivity contribution in [2.45, 2.75) is 33.1 Å². The molecule has 1 atom stereocenters. The Morgan fingerprint density at radius 3 is 3.00 bits per heavy atom. The molecule has 1 aliphatic rings. The van der Waals surface area contributed by atoms with Crippen molar-refractivity contribution in [1.82, 2.24) is 10.1 Å². The van der Waals surface area contributed by atoms with Gasteiger partial charge in [-0.2, -0.15) is 0 Å². The van der Waals surface area contributed by atoms with Gasteiger partial charge < -0.3 is 14.2 Å². The predicted molar refractivity (Wildman–Crippen MR) is 90.9 cm³/mol. The number of nitrogens with zero attached hydrogens (tertiary/aromatic N) is 2. The lowest BCUT2D eigenvalue weighted by Gasteiger charge is -2.32. The highest BCUT2D eigenvalue weighted by molar-refractivity contribution is 5.78. The van der Waals surface area contributed by atoms with E-state index in [0.717, 1.165) is 37.4 Å². The number of rotatable bonds is 5. The Morgan fingerprint density at radius 2 is 2.25 bits per heavy atom. The number of hydrogen-bond acceptors (Lipinski definition) is 4. The second kappa shape index (κ2) is 7.51. The predicted octanol–water partition coefficient (Wildman–Crippen LogP) is 3.15. The lowest BCUT2D eigenvalue weighted by molar-refractivity contribution is -0.132. The number of ether oxygens (including phenoxy) is 1. The summed E-state index contributed by atoms with van der Waals surface area (Å²) >= 11 is 0. The summed E-state index contributed by atoms with van der Waals surface area (Å²) in [6.07, 6.45) is 2.40. The van der Waals surface area contributed by atoms with Crippen molar-refractivity contribution in [3.8, 4) is 5.75 Å². The van der Waals surface area contributed by atoms with Gasteiger partial charge in [0.15, 0.2) is 0 Å². The molecule has 0 bridgehead atoms. The molecule has 0 saturated carbocycles. The Balaban J connectivity index is 1.51. The number of benzene rings is 1. The van der Waals surface area contributed by atoms with E-state index in [1.807, 2.05) is 36.1 Å². The second-order valence-corrected chi connectivity index (χ2v) is 6.59. The lowest BCUT2D eigenvalue weighted by Crippen LogP contribution is -2.42. The van der Waals surface area contributed by atoms with E-state index >= 15 is 0 Å². The summed E-state index contributed by atoms with van der Waals surface area (Å²) in [7, 11) is 0. The third-order valence-corrected chi connectivity index (χ3v) is 4.35. The maximum absolute atomic E-state index is 12.4. The van der Waals surface area contributed by atoms with Gasteiger partial charge in [-0.25, -0.2) is 0 Å². The zero-order valence-corrected chi connectivity index (χ0v) is 14.3. The first-order valence-corrected chi connectivity index (χ1v) is 8.49. The molecule has 2 heterocycles. The van der Waals surface area contributed by atoms with Crippen LogP contribution in [0.1, 0.15) is 29.9 Å². The quantitative estimate of drug-likeness (QED) is 0.846. The van der Waals surface area contributed by atoms with Gasteiger partial charge in [0.2, 0.25) is 5.91 Å². The van der Waals surface area contributed by atoms with E-state index in [2.05, 4.69) is 18.1 Å². The number of aromatic nitrogens is 1. The van der Waals surface area contributed by atoms with Crippen LogP contribution in [0.4, 0.5) is 0 Å². The molecule has 1 amide bonds. The van der Waals surface area contributed by atoms with Gasteiger partial charge in [0, 0.05) is 25.1 Å². The molecule has 1 saturated heterocycles. The fourth-order valence-corrected chi connectivity index (χ4v) is 3.11. The molecule has 24 heavy (non-hydrogen) atoms. The van der Waals surface area contributed by atoms with Gasteiger partial charge in [0.25, 0.3) is 0 Å². The minimum atomic E-state index is 0.103. The van der Waals surface area contributed by atoms with Crippen molar-refractivity contribution in [3.05, 3.63) is 47.3 Å². The van der Waals surface area contributed by atoms with Crippen molar-refractivity contribution in [1.29, 1.82) is 0 Å². The lowest BCUT2D eigenvalue weighted by atomic mass is 9.98. The Morgan fingerprint density at radius 1 is 1.38 bits per heavy atom. The summed E-state index contributed by atoms with van der Waals surface area (Å²) in [5.41, 5.74) is 2.00. The Kier molecular flexibility index (Phi) is 5.18. The highest BCUT2D eigenvalue weighted by Gasteiger charge is 2.25. The number of hydrogen-bond donors (Lipinski definition) is 0. The topological polar surface area (TPSA) is 55.6 Å². The van der Waals surface area contributed by atoms with Gasteiger partial charge in [-0.05, 0) is 44.4 Å². The maximum atomic E-state index is 12.4. The molecule has 1 aromatic carbocycles. The fraction of sp³-hybridized carbons (Fsp3) is 0.474. The first-order chi connectivity index (χ1) is 11.6. The monoisotopic (exact) mass is 328 g/mol. The van der Waals surface area contributed by atoms with Crippen molar-refractivity contribution >= 4 is 5.91 Å². The van der Waals surface area contributed by atoms with Crippen LogP contribution in [0, 0.1) is 19.8 Å². The van der Waals surface area contributed by atoms with Crippen LogP contribution in [0.3, 0.4) is 0 Å². The van der Waals surface area contributed by atoms with Crippen LogP contribution >= 0.6 is 0 Å². The van der Waals surface area contributed by atoms with E-state index in [1.54, 1.807) is 0 Å². The molecule has 2 aromatic rings. The standard InChI is InChI=1S/C19H24N2O3/c1-14-5-3-7-17(9-14)23-13-16-6-4-8-21(12-16)19(22)11-18-10-15(2)20-24-18/h3,5,7,9-10,16H,4,6,8,11-13H2,1-2H3/t16-/m0/s1. The Bertz CT molecular complexity index is 695. The average molecular weight is 328 g/mol. The normalized spacial score (nSPS) is 17.8. The zero-order valence-electron chi connectivity index (χ0n) is 14.3. The summed E-state index contributed by atoms with van der Waals surface area (Å²) in [6, 6.07) is 9.89. The summed E-state index contributed by atoms with van der Waals surface area (Å²) in [4.78, 5) is 14.4. The molecular formula is C19H24N2O3. The van der Waals surface area contributed by atoms with Gasteiger partial charge in [0.05, 0.1) is 18.7 Å². The van der Waals surface area contributed by atoms with Gasteiger partial charge >= 0.3 is 0 Å². The van der Waals surface area contributed by atoms with E-state index in [9.17, 15) is 4.79 Å². The van der Waals surface area contributed by atoms with Crippen molar-refractivity contribution in [3.63, 3.8) is 0 Å². The van der Waals surface area contributed by atoms with E-state index in [-0.39, 0.29) is 12.3 Å². The number of likely N-dealkylation sites (tertiary alicyclic amines) is 1. The third kappa shape index (κ3) is 4.37. The number of aryl methyl sites for hydroxylation is 2. The van der Waals surface area contributed by atoms with Crippen LogP contribution in [-0.4, -0.2) is 35.7 Å². The second-order valence-electron chi connectivity index (χ2n) is 6.59. The zero-order chi connectivity index (χ0) is 16.9. The van der Waals surface area contributed by atoms with Crippen LogP contribution in [0.25, 0.3) is 0 Å². The molecule has 3 rings (SSSR count). The maximum Gasteiger partial charge on any atom is 0.230 e. The molecule has 1 aliphatic heterocycles.